The van der Waals surface area contributed by atoms with Crippen LogP contribution in [0.25, 0.3) is 0 Å². The number of amides is 2. The van der Waals surface area contributed by atoms with E-state index in [1.807, 2.05) is 0 Å². The lowest BCUT2D eigenvalue weighted by Gasteiger charge is -2.23. The Morgan fingerprint density at radius 3 is 2.17 bits per heavy atom. The molecule has 1 saturated heterocycles. The van der Waals surface area contributed by atoms with Crippen molar-refractivity contribution >= 4 is 35.6 Å². The maximum Gasteiger partial charge on any atom is 0.255 e. The molecule has 2 amide bonds. The molecule has 6 nitrogen and oxygen atoms in total. The minimum Gasteiger partial charge on any atom is -0.497 e. The van der Waals surface area contributed by atoms with E-state index in [0.29, 0.717) is 11.3 Å². The highest BCUT2D eigenvalue weighted by Crippen LogP contribution is 2.58. The minimum atomic E-state index is -0.195. The minimum absolute atomic E-state index is 0. The molecule has 0 bridgehead atoms. The molecule has 0 radical (unpaired) electrons. The van der Waals surface area contributed by atoms with Crippen molar-refractivity contribution in [2.45, 2.75) is 19.3 Å². The molecular formula is C22H26ClN3O3. The van der Waals surface area contributed by atoms with E-state index in [4.69, 9.17) is 4.74 Å². The molecule has 2 fully saturated rings. The fraction of sp³-hybridized carbons (Fsp3) is 0.364. The number of benzene rings is 2. The highest BCUT2D eigenvalue weighted by molar-refractivity contribution is 6.04. The number of carbonyl (C=O) groups excluding carboxylic acids is 2. The molecule has 2 aromatic carbocycles. The Bertz CT molecular complexity index is 862. The topological polar surface area (TPSA) is 79.5 Å². The van der Waals surface area contributed by atoms with Gasteiger partial charge >= 0.3 is 0 Å². The maximum atomic E-state index is 12.5. The molecule has 1 aliphatic heterocycles. The lowest BCUT2D eigenvalue weighted by Crippen LogP contribution is -2.31. The lowest BCUT2D eigenvalue weighted by molar-refractivity contribution is -0.118. The standard InChI is InChI=1S/C22H25N3O3.ClH/c1-28-18-8-6-17(7-9-18)24-20(26)15-2-4-16(5-3-15)25-21(27)19-14-22(19)10-12-23-13-11-22;/h2-9,19,23H,10-14H2,1H3,(H,24,26)(H,25,27);1H. The second-order valence-electron chi connectivity index (χ2n) is 7.62. The summed E-state index contributed by atoms with van der Waals surface area (Å²) in [6.45, 7) is 2.00. The number of rotatable bonds is 5. The molecule has 4 rings (SSSR count). The summed E-state index contributed by atoms with van der Waals surface area (Å²) in [6, 6.07) is 14.2. The molecule has 1 unspecified atom stereocenters. The van der Waals surface area contributed by atoms with Crippen LogP contribution >= 0.6 is 12.4 Å². The molecule has 7 heteroatoms. The third kappa shape index (κ3) is 4.71. The highest BCUT2D eigenvalue weighted by atomic mass is 35.5. The number of carbonyl (C=O) groups is 2. The van der Waals surface area contributed by atoms with Crippen molar-refractivity contribution in [1.29, 1.82) is 0 Å². The van der Waals surface area contributed by atoms with Crippen LogP contribution in [0.3, 0.4) is 0 Å². The van der Waals surface area contributed by atoms with Gasteiger partial charge in [-0.25, -0.2) is 0 Å². The summed E-state index contributed by atoms with van der Waals surface area (Å²) < 4.78 is 5.11. The highest BCUT2D eigenvalue weighted by Gasteiger charge is 2.57. The second-order valence-corrected chi connectivity index (χ2v) is 7.62. The number of nitrogens with one attached hydrogen (secondary N) is 3. The van der Waals surface area contributed by atoms with Gasteiger partial charge in [0.1, 0.15) is 5.75 Å². The number of methoxy groups -OCH3 is 1. The Kier molecular flexibility index (Phi) is 6.45. The number of piperidine rings is 1. The molecule has 1 atom stereocenters. The molecule has 2 aliphatic rings. The Morgan fingerprint density at radius 2 is 1.55 bits per heavy atom. The third-order valence-electron chi connectivity index (χ3n) is 5.87. The zero-order valence-electron chi connectivity index (χ0n) is 16.4. The third-order valence-corrected chi connectivity index (χ3v) is 5.87. The average molecular weight is 416 g/mol. The largest absolute Gasteiger partial charge is 0.497 e. The van der Waals surface area contributed by atoms with Gasteiger partial charge in [0.2, 0.25) is 5.91 Å². The second kappa shape index (κ2) is 8.84. The summed E-state index contributed by atoms with van der Waals surface area (Å²) in [5.41, 5.74) is 2.18. The van der Waals surface area contributed by atoms with Gasteiger partial charge in [-0.1, -0.05) is 0 Å². The number of halogens is 1. The van der Waals surface area contributed by atoms with Gasteiger partial charge in [0.15, 0.2) is 0 Å². The van der Waals surface area contributed by atoms with Crippen molar-refractivity contribution in [2.24, 2.45) is 11.3 Å². The molecule has 1 heterocycles. The zero-order valence-corrected chi connectivity index (χ0v) is 17.2. The van der Waals surface area contributed by atoms with Gasteiger partial charge in [-0.3, -0.25) is 9.59 Å². The van der Waals surface area contributed by atoms with E-state index < -0.39 is 0 Å². The van der Waals surface area contributed by atoms with E-state index >= 15 is 0 Å². The molecule has 3 N–H and O–H groups in total. The van der Waals surface area contributed by atoms with Crippen LogP contribution in [-0.2, 0) is 4.79 Å². The van der Waals surface area contributed by atoms with Gasteiger partial charge in [0.05, 0.1) is 7.11 Å². The number of hydrogen-bond donors (Lipinski definition) is 3. The quantitative estimate of drug-likeness (QED) is 0.695. The summed E-state index contributed by atoms with van der Waals surface area (Å²) in [4.78, 5) is 24.9. The van der Waals surface area contributed by atoms with Gasteiger partial charge in [0.25, 0.3) is 5.91 Å². The Morgan fingerprint density at radius 1 is 0.966 bits per heavy atom. The van der Waals surface area contributed by atoms with Gasteiger partial charge in [0, 0.05) is 22.9 Å². The molecule has 1 spiro atoms. The van der Waals surface area contributed by atoms with Crippen molar-refractivity contribution in [2.75, 3.05) is 30.8 Å². The number of ether oxygens (including phenoxy) is 1. The summed E-state index contributed by atoms with van der Waals surface area (Å²) >= 11 is 0. The first-order chi connectivity index (χ1) is 13.6. The average Bonchev–Trinajstić information content (AvgIpc) is 3.42. The predicted molar refractivity (Wildman–Crippen MR) is 116 cm³/mol. The van der Waals surface area contributed by atoms with Gasteiger partial charge in [-0.2, -0.15) is 0 Å². The van der Waals surface area contributed by atoms with Crippen molar-refractivity contribution in [3.8, 4) is 5.75 Å². The number of anilines is 2. The monoisotopic (exact) mass is 415 g/mol. The van der Waals surface area contributed by atoms with Crippen LogP contribution < -0.4 is 20.7 Å². The Balaban J connectivity index is 0.00000240. The first-order valence-corrected chi connectivity index (χ1v) is 9.67. The van der Waals surface area contributed by atoms with E-state index in [9.17, 15) is 9.59 Å². The van der Waals surface area contributed by atoms with E-state index in [1.165, 1.54) is 0 Å². The van der Waals surface area contributed by atoms with Crippen molar-refractivity contribution in [3.05, 3.63) is 54.1 Å². The first kappa shape index (κ1) is 21.1. The van der Waals surface area contributed by atoms with Crippen LogP contribution in [0.1, 0.15) is 29.6 Å². The van der Waals surface area contributed by atoms with E-state index in [-0.39, 0.29) is 35.6 Å². The summed E-state index contributed by atoms with van der Waals surface area (Å²) in [6.07, 6.45) is 3.15. The summed E-state index contributed by atoms with van der Waals surface area (Å²) in [5, 5.41) is 9.20. The molecule has 1 aliphatic carbocycles. The molecular weight excluding hydrogens is 390 g/mol. The number of hydrogen-bond acceptors (Lipinski definition) is 4. The molecule has 2 aromatic rings. The van der Waals surface area contributed by atoms with Crippen LogP contribution in [0.4, 0.5) is 11.4 Å². The molecule has 154 valence electrons. The smallest absolute Gasteiger partial charge is 0.255 e. The molecule has 0 aromatic heterocycles. The van der Waals surface area contributed by atoms with E-state index in [0.717, 1.165) is 43.8 Å². The van der Waals surface area contributed by atoms with Crippen molar-refractivity contribution in [1.82, 2.24) is 5.32 Å². The molecule has 29 heavy (non-hydrogen) atoms. The Labute approximate surface area is 176 Å². The Hall–Kier alpha value is -2.57. The first-order valence-electron chi connectivity index (χ1n) is 9.67. The summed E-state index contributed by atoms with van der Waals surface area (Å²) in [5.74, 6) is 0.754. The summed E-state index contributed by atoms with van der Waals surface area (Å²) in [7, 11) is 1.60. The normalized spacial score (nSPS) is 19.0. The van der Waals surface area contributed by atoms with Crippen molar-refractivity contribution < 1.29 is 14.3 Å². The van der Waals surface area contributed by atoms with Crippen LogP contribution in [0.2, 0.25) is 0 Å². The fourth-order valence-corrected chi connectivity index (χ4v) is 4.01. The van der Waals surface area contributed by atoms with Gasteiger partial charge < -0.3 is 20.7 Å². The van der Waals surface area contributed by atoms with Crippen LogP contribution in [0, 0.1) is 11.3 Å². The van der Waals surface area contributed by atoms with Crippen LogP contribution in [-0.4, -0.2) is 32.0 Å². The predicted octanol–water partition coefficient (Wildman–Crippen LogP) is 3.70. The van der Waals surface area contributed by atoms with Crippen LogP contribution in [0.15, 0.2) is 48.5 Å². The van der Waals surface area contributed by atoms with Crippen LogP contribution in [0.5, 0.6) is 5.75 Å². The van der Waals surface area contributed by atoms with Crippen molar-refractivity contribution in [3.63, 3.8) is 0 Å². The van der Waals surface area contributed by atoms with Gasteiger partial charge in [-0.05, 0) is 86.3 Å². The zero-order chi connectivity index (χ0) is 19.6. The fourth-order valence-electron chi connectivity index (χ4n) is 4.01. The van der Waals surface area contributed by atoms with Gasteiger partial charge in [-0.15, -0.1) is 12.4 Å². The SMILES string of the molecule is COc1ccc(NC(=O)c2ccc(NC(=O)C3CC34CCNCC4)cc2)cc1.Cl. The lowest BCUT2D eigenvalue weighted by atomic mass is 9.92. The molecule has 1 saturated carbocycles. The van der Waals surface area contributed by atoms with E-state index in [2.05, 4.69) is 16.0 Å². The maximum absolute atomic E-state index is 12.5. The van der Waals surface area contributed by atoms with E-state index in [1.54, 1.807) is 55.6 Å².